The first-order valence-electron chi connectivity index (χ1n) is 9.87. The van der Waals surface area contributed by atoms with E-state index in [9.17, 15) is 14.7 Å². The molecule has 1 aliphatic carbocycles. The van der Waals surface area contributed by atoms with Crippen LogP contribution in [-0.4, -0.2) is 44.4 Å². The van der Waals surface area contributed by atoms with Gasteiger partial charge >= 0.3 is 11.9 Å². The zero-order chi connectivity index (χ0) is 19.4. The van der Waals surface area contributed by atoms with Gasteiger partial charge in [-0.25, -0.2) is 0 Å². The largest absolute Gasteiger partial charge is 0.481 e. The summed E-state index contributed by atoms with van der Waals surface area (Å²) >= 11 is 1.22. The minimum atomic E-state index is -0.911. The van der Waals surface area contributed by atoms with Crippen molar-refractivity contribution in [3.05, 3.63) is 11.6 Å². The zero-order valence-electron chi connectivity index (χ0n) is 15.9. The van der Waals surface area contributed by atoms with Crippen molar-refractivity contribution in [1.82, 2.24) is 0 Å². The summed E-state index contributed by atoms with van der Waals surface area (Å²) in [4.78, 5) is 21.9. The number of thioether (sulfide) groups is 1. The topological polar surface area (TPSA) is 94.8 Å². The van der Waals surface area contributed by atoms with Crippen LogP contribution < -0.4 is 0 Å². The van der Waals surface area contributed by atoms with Crippen molar-refractivity contribution >= 4 is 23.7 Å². The van der Waals surface area contributed by atoms with Crippen LogP contribution in [0.15, 0.2) is 11.6 Å². The molecule has 0 aromatic heterocycles. The van der Waals surface area contributed by atoms with Crippen LogP contribution in [0.4, 0.5) is 0 Å². The van der Waals surface area contributed by atoms with E-state index in [1.54, 1.807) is 0 Å². The molecule has 0 aromatic carbocycles. The van der Waals surface area contributed by atoms with Crippen LogP contribution in [0.3, 0.4) is 0 Å². The van der Waals surface area contributed by atoms with Crippen LogP contribution in [0, 0.1) is 5.92 Å². The number of aliphatic hydroxyl groups is 1. The monoisotopic (exact) mass is 386 g/mol. The van der Waals surface area contributed by atoms with Gasteiger partial charge in [0, 0.05) is 0 Å². The highest BCUT2D eigenvalue weighted by atomic mass is 32.2. The highest BCUT2D eigenvalue weighted by Crippen LogP contribution is 2.38. The Morgan fingerprint density at radius 1 is 1.08 bits per heavy atom. The first kappa shape index (κ1) is 23.0. The number of allylic oxidation sites excluding steroid dienone is 1. The summed E-state index contributed by atoms with van der Waals surface area (Å²) in [5.41, 5.74) is 1.09. The van der Waals surface area contributed by atoms with Gasteiger partial charge in [-0.15, -0.1) is 11.8 Å². The summed E-state index contributed by atoms with van der Waals surface area (Å²) in [5, 5.41) is 28.2. The molecule has 3 atom stereocenters. The van der Waals surface area contributed by atoms with Gasteiger partial charge in [0.05, 0.1) is 23.5 Å². The summed E-state index contributed by atoms with van der Waals surface area (Å²) in [6, 6.07) is 0. The van der Waals surface area contributed by atoms with Crippen LogP contribution in [-0.2, 0) is 9.59 Å². The summed E-state index contributed by atoms with van der Waals surface area (Å²) in [7, 11) is 0. The van der Waals surface area contributed by atoms with Gasteiger partial charge in [-0.1, -0.05) is 57.1 Å². The Morgan fingerprint density at radius 3 is 2.35 bits per heavy atom. The fourth-order valence-corrected chi connectivity index (χ4v) is 4.72. The number of carbonyl (C=O) groups is 2. The van der Waals surface area contributed by atoms with Gasteiger partial charge in [0.15, 0.2) is 0 Å². The quantitative estimate of drug-likeness (QED) is 0.319. The highest BCUT2D eigenvalue weighted by Gasteiger charge is 2.36. The van der Waals surface area contributed by atoms with E-state index >= 15 is 0 Å². The molecule has 0 aromatic rings. The van der Waals surface area contributed by atoms with Crippen LogP contribution in [0.2, 0.25) is 0 Å². The molecule has 1 fully saturated rings. The third-order valence-electron chi connectivity index (χ3n) is 5.00. The van der Waals surface area contributed by atoms with E-state index in [0.29, 0.717) is 6.42 Å². The molecule has 0 spiro atoms. The molecule has 0 bridgehead atoms. The van der Waals surface area contributed by atoms with Crippen molar-refractivity contribution in [1.29, 1.82) is 0 Å². The van der Waals surface area contributed by atoms with Gasteiger partial charge in [-0.2, -0.15) is 0 Å². The Balaban J connectivity index is 2.51. The molecule has 1 aliphatic rings. The summed E-state index contributed by atoms with van der Waals surface area (Å²) in [6.45, 7) is 2.21. The molecule has 26 heavy (non-hydrogen) atoms. The highest BCUT2D eigenvalue weighted by molar-refractivity contribution is 8.00. The minimum absolute atomic E-state index is 0.0592. The second kappa shape index (κ2) is 13.2. The van der Waals surface area contributed by atoms with Crippen LogP contribution in [0.1, 0.15) is 77.6 Å². The number of hydrogen-bond acceptors (Lipinski definition) is 4. The van der Waals surface area contributed by atoms with Crippen molar-refractivity contribution in [2.75, 3.05) is 5.75 Å². The molecule has 0 saturated heterocycles. The van der Waals surface area contributed by atoms with E-state index < -0.39 is 18.0 Å². The van der Waals surface area contributed by atoms with E-state index in [2.05, 4.69) is 13.0 Å². The third kappa shape index (κ3) is 9.08. The van der Waals surface area contributed by atoms with Gasteiger partial charge in [-0.05, 0) is 31.6 Å². The van der Waals surface area contributed by atoms with Crippen LogP contribution in [0.25, 0.3) is 0 Å². The van der Waals surface area contributed by atoms with E-state index in [0.717, 1.165) is 24.8 Å². The van der Waals surface area contributed by atoms with E-state index in [1.807, 2.05) is 0 Å². The lowest BCUT2D eigenvalue weighted by Crippen LogP contribution is -2.38. The predicted molar refractivity (Wildman–Crippen MR) is 106 cm³/mol. The van der Waals surface area contributed by atoms with Crippen molar-refractivity contribution < 1.29 is 24.9 Å². The summed E-state index contributed by atoms with van der Waals surface area (Å²) in [6.07, 6.45) is 12.4. The number of unbranched alkanes of at least 4 members (excludes halogenated alkanes) is 7. The second-order valence-electron chi connectivity index (χ2n) is 7.20. The minimum Gasteiger partial charge on any atom is -0.481 e. The average molecular weight is 387 g/mol. The molecular weight excluding hydrogens is 352 g/mol. The maximum Gasteiger partial charge on any atom is 0.313 e. The molecule has 150 valence electrons. The lowest BCUT2D eigenvalue weighted by atomic mass is 9.80. The number of carboxylic acid groups (broad SMARTS) is 2. The lowest BCUT2D eigenvalue weighted by molar-refractivity contribution is -0.139. The molecule has 5 nitrogen and oxygen atoms in total. The maximum atomic E-state index is 11.0. The van der Waals surface area contributed by atoms with Crippen molar-refractivity contribution in [2.45, 2.75) is 88.9 Å². The van der Waals surface area contributed by atoms with Crippen LogP contribution >= 0.6 is 11.8 Å². The maximum absolute atomic E-state index is 11.0. The predicted octanol–water partition coefficient (Wildman–Crippen LogP) is 4.49. The Hall–Kier alpha value is -1.01. The van der Waals surface area contributed by atoms with Gasteiger partial charge in [0.2, 0.25) is 0 Å². The molecule has 0 radical (unpaired) electrons. The smallest absolute Gasteiger partial charge is 0.313 e. The summed E-state index contributed by atoms with van der Waals surface area (Å²) < 4.78 is 0. The Morgan fingerprint density at radius 2 is 1.73 bits per heavy atom. The number of aliphatic hydroxyl groups excluding tert-OH is 1. The molecule has 1 rings (SSSR count). The number of carboxylic acids is 2. The van der Waals surface area contributed by atoms with E-state index in [-0.39, 0.29) is 23.3 Å². The molecule has 0 amide bonds. The summed E-state index contributed by atoms with van der Waals surface area (Å²) in [5.74, 6) is -2.19. The van der Waals surface area contributed by atoms with Gasteiger partial charge < -0.3 is 15.3 Å². The normalized spacial score (nSPS) is 24.7. The van der Waals surface area contributed by atoms with E-state index in [4.69, 9.17) is 10.2 Å². The fourth-order valence-electron chi connectivity index (χ4n) is 3.55. The molecule has 1 saturated carbocycles. The molecular formula is C20H34O5S. The number of hydrogen-bond donors (Lipinski definition) is 3. The Kier molecular flexibility index (Phi) is 11.7. The number of aliphatic carboxylic acids is 2. The molecule has 0 aliphatic heterocycles. The van der Waals surface area contributed by atoms with Gasteiger partial charge in [0.1, 0.15) is 0 Å². The third-order valence-corrected chi connectivity index (χ3v) is 6.35. The standard InChI is InChI=1S/C20H34O5S/c1-2-3-4-5-6-7-8-9-10-15-11-12-16(13-17(21)22)19(25)20(15)26-14-18(23)24/h10,16,19-20,25H,2-9,11-14H2,1H3,(H,21,22)(H,23,24)/b15-10+/t16-,19-,20-/m1/s1. The van der Waals surface area contributed by atoms with Gasteiger partial charge in [0.25, 0.3) is 0 Å². The van der Waals surface area contributed by atoms with Gasteiger partial charge in [-0.3, -0.25) is 9.59 Å². The Bertz CT molecular complexity index is 463. The van der Waals surface area contributed by atoms with Crippen molar-refractivity contribution in [3.63, 3.8) is 0 Å². The first-order valence-corrected chi connectivity index (χ1v) is 10.9. The van der Waals surface area contributed by atoms with E-state index in [1.165, 1.54) is 50.3 Å². The molecule has 0 unspecified atom stereocenters. The van der Waals surface area contributed by atoms with Crippen LogP contribution in [0.5, 0.6) is 0 Å². The lowest BCUT2D eigenvalue weighted by Gasteiger charge is -2.36. The average Bonchev–Trinajstić information content (AvgIpc) is 2.58. The van der Waals surface area contributed by atoms with Crippen molar-refractivity contribution in [3.8, 4) is 0 Å². The first-order chi connectivity index (χ1) is 12.5. The Labute approximate surface area is 161 Å². The molecule has 6 heteroatoms. The zero-order valence-corrected chi connectivity index (χ0v) is 16.7. The molecule has 3 N–H and O–H groups in total. The fraction of sp³-hybridized carbons (Fsp3) is 0.800. The molecule has 0 heterocycles. The van der Waals surface area contributed by atoms with Crippen molar-refractivity contribution in [2.24, 2.45) is 5.92 Å². The number of rotatable bonds is 13. The second-order valence-corrected chi connectivity index (χ2v) is 8.33. The SMILES string of the molecule is CCCCCCCCC/C=C1\CC[C@H](CC(=O)O)[C@@H](O)[C@@H]1SCC(=O)O.